The number of nitrogens with zero attached hydrogens (tertiary/aromatic N) is 2. The molecule has 8 nitrogen and oxygen atoms in total. The summed E-state index contributed by atoms with van der Waals surface area (Å²) < 4.78 is 38.8. The van der Waals surface area contributed by atoms with E-state index in [1.54, 1.807) is 48.5 Å². The SMILES string of the molecule is CC1(C)CN(S(C)(=O)=O)c2cc3cc(C(=O)Nc4cc(Cl)nc(Oc5ccc(Cl)cc5)c4)sc3cc2O1. The van der Waals surface area contributed by atoms with E-state index >= 15 is 0 Å². The minimum atomic E-state index is -3.52. The molecule has 0 saturated heterocycles. The largest absolute Gasteiger partial charge is 0.484 e. The van der Waals surface area contributed by atoms with E-state index in [1.807, 2.05) is 13.8 Å². The highest BCUT2D eigenvalue weighted by molar-refractivity contribution is 7.92. The molecule has 37 heavy (non-hydrogen) atoms. The fraction of sp³-hybridized carbons (Fsp3) is 0.200. The van der Waals surface area contributed by atoms with Crippen molar-refractivity contribution < 1.29 is 22.7 Å². The first kappa shape index (κ1) is 25.6. The van der Waals surface area contributed by atoms with Gasteiger partial charge in [0.15, 0.2) is 0 Å². The Balaban J connectivity index is 1.42. The maximum atomic E-state index is 13.1. The lowest BCUT2D eigenvalue weighted by Crippen LogP contribution is -2.48. The van der Waals surface area contributed by atoms with Gasteiger partial charge in [0.25, 0.3) is 5.91 Å². The lowest BCUT2D eigenvalue weighted by molar-refractivity contribution is 0.103. The molecule has 0 aliphatic carbocycles. The van der Waals surface area contributed by atoms with Crippen LogP contribution in [-0.2, 0) is 10.0 Å². The number of anilines is 2. The Bertz CT molecular complexity index is 1640. The number of hydrogen-bond donors (Lipinski definition) is 1. The molecule has 4 aromatic rings. The summed E-state index contributed by atoms with van der Waals surface area (Å²) in [5.74, 6) is 0.807. The Labute approximate surface area is 227 Å². The van der Waals surface area contributed by atoms with Crippen LogP contribution in [0.2, 0.25) is 10.2 Å². The monoisotopic (exact) mass is 577 g/mol. The second-order valence-corrected chi connectivity index (χ2v) is 12.9. The fourth-order valence-corrected chi connectivity index (χ4v) is 6.26. The van der Waals surface area contributed by atoms with Gasteiger partial charge < -0.3 is 14.8 Å². The molecule has 0 saturated carbocycles. The Hall–Kier alpha value is -3.05. The van der Waals surface area contributed by atoms with Gasteiger partial charge >= 0.3 is 0 Å². The van der Waals surface area contributed by atoms with Crippen LogP contribution in [0.5, 0.6) is 17.4 Å². The zero-order chi connectivity index (χ0) is 26.5. The Morgan fingerprint density at radius 2 is 1.86 bits per heavy atom. The number of hydrogen-bond acceptors (Lipinski definition) is 7. The first-order chi connectivity index (χ1) is 17.4. The molecule has 0 unspecified atom stereocenters. The first-order valence-corrected chi connectivity index (χ1v) is 14.5. The van der Waals surface area contributed by atoms with Gasteiger partial charge in [-0.1, -0.05) is 23.2 Å². The lowest BCUT2D eigenvalue weighted by Gasteiger charge is -2.39. The quantitative estimate of drug-likeness (QED) is 0.269. The van der Waals surface area contributed by atoms with Crippen molar-refractivity contribution in [3.8, 4) is 17.4 Å². The van der Waals surface area contributed by atoms with Crippen molar-refractivity contribution in [1.29, 1.82) is 0 Å². The molecular formula is C25H21Cl2N3O5S2. The summed E-state index contributed by atoms with van der Waals surface area (Å²) in [6.45, 7) is 3.85. The first-order valence-electron chi connectivity index (χ1n) is 11.0. The van der Waals surface area contributed by atoms with E-state index in [0.29, 0.717) is 32.8 Å². The summed E-state index contributed by atoms with van der Waals surface area (Å²) in [4.78, 5) is 17.7. The molecule has 2 aromatic carbocycles. The highest BCUT2D eigenvalue weighted by atomic mass is 35.5. The summed E-state index contributed by atoms with van der Waals surface area (Å²) >= 11 is 13.3. The van der Waals surface area contributed by atoms with E-state index in [9.17, 15) is 13.2 Å². The summed E-state index contributed by atoms with van der Waals surface area (Å²) in [6, 6.07) is 15.0. The number of carbonyl (C=O) groups is 1. The standard InChI is InChI=1S/C25H21Cl2N3O5S2/c1-25(2)13-30(37(3,32)33)18-8-14-9-21(36-20(14)12-19(18)35-25)24(31)28-16-10-22(27)29-23(11-16)34-17-6-4-15(26)5-7-17/h4-12H,13H2,1-3H3,(H,28,29,31). The predicted molar refractivity (Wildman–Crippen MR) is 147 cm³/mol. The van der Waals surface area contributed by atoms with Crippen molar-refractivity contribution in [2.45, 2.75) is 19.4 Å². The third-order valence-corrected chi connectivity index (χ3v) is 8.13. The second kappa shape index (κ2) is 9.36. The molecule has 3 heterocycles. The van der Waals surface area contributed by atoms with Gasteiger partial charge in [0, 0.05) is 27.5 Å². The highest BCUT2D eigenvalue weighted by Crippen LogP contribution is 2.43. The van der Waals surface area contributed by atoms with Crippen molar-refractivity contribution >= 4 is 71.9 Å². The van der Waals surface area contributed by atoms with E-state index < -0.39 is 15.6 Å². The van der Waals surface area contributed by atoms with Crippen LogP contribution in [0, 0.1) is 0 Å². The van der Waals surface area contributed by atoms with Crippen LogP contribution in [0.1, 0.15) is 23.5 Å². The average molecular weight is 578 g/mol. The van der Waals surface area contributed by atoms with E-state index in [-0.39, 0.29) is 23.5 Å². The maximum Gasteiger partial charge on any atom is 0.265 e. The Morgan fingerprint density at radius 3 is 2.57 bits per heavy atom. The fourth-order valence-electron chi connectivity index (χ4n) is 3.91. The summed E-state index contributed by atoms with van der Waals surface area (Å²) in [7, 11) is -3.52. The molecule has 192 valence electrons. The topological polar surface area (TPSA) is 97.8 Å². The molecular weight excluding hydrogens is 557 g/mol. The molecule has 0 radical (unpaired) electrons. The number of aromatic nitrogens is 1. The van der Waals surface area contributed by atoms with E-state index in [1.165, 1.54) is 28.0 Å². The number of amides is 1. The van der Waals surface area contributed by atoms with Crippen LogP contribution in [0.25, 0.3) is 10.1 Å². The molecule has 0 atom stereocenters. The van der Waals surface area contributed by atoms with Crippen LogP contribution >= 0.6 is 34.5 Å². The number of sulfonamides is 1. The zero-order valence-corrected chi connectivity index (χ0v) is 23.1. The number of nitrogens with one attached hydrogen (secondary N) is 1. The minimum absolute atomic E-state index is 0.145. The van der Waals surface area contributed by atoms with E-state index in [0.717, 1.165) is 10.1 Å². The molecule has 1 amide bonds. The van der Waals surface area contributed by atoms with Gasteiger partial charge in [-0.15, -0.1) is 11.3 Å². The van der Waals surface area contributed by atoms with Crippen molar-refractivity contribution in [1.82, 2.24) is 4.98 Å². The van der Waals surface area contributed by atoms with Crippen molar-refractivity contribution in [2.24, 2.45) is 0 Å². The number of benzene rings is 2. The maximum absolute atomic E-state index is 13.1. The minimum Gasteiger partial charge on any atom is -0.484 e. The molecule has 1 aliphatic rings. The molecule has 0 spiro atoms. The molecule has 5 rings (SSSR count). The van der Waals surface area contributed by atoms with Gasteiger partial charge in [0.2, 0.25) is 15.9 Å². The number of ether oxygens (including phenoxy) is 2. The number of carbonyl (C=O) groups excluding carboxylic acids is 1. The van der Waals surface area contributed by atoms with E-state index in [4.69, 9.17) is 32.7 Å². The molecule has 1 aliphatic heterocycles. The zero-order valence-electron chi connectivity index (χ0n) is 19.9. The predicted octanol–water partition coefficient (Wildman–Crippen LogP) is 6.58. The van der Waals surface area contributed by atoms with Crippen molar-refractivity contribution in [2.75, 3.05) is 22.4 Å². The van der Waals surface area contributed by atoms with Crippen LogP contribution < -0.4 is 19.1 Å². The lowest BCUT2D eigenvalue weighted by atomic mass is 10.1. The Kier molecular flexibility index (Phi) is 6.47. The summed E-state index contributed by atoms with van der Waals surface area (Å²) in [6.07, 6.45) is 1.17. The number of pyridine rings is 1. The molecule has 12 heteroatoms. The van der Waals surface area contributed by atoms with Gasteiger partial charge in [-0.25, -0.2) is 13.4 Å². The van der Waals surface area contributed by atoms with Crippen molar-refractivity contribution in [3.05, 3.63) is 69.7 Å². The van der Waals surface area contributed by atoms with Gasteiger partial charge in [0.1, 0.15) is 22.3 Å². The smallest absolute Gasteiger partial charge is 0.265 e. The Morgan fingerprint density at radius 1 is 1.14 bits per heavy atom. The van der Waals surface area contributed by atoms with Gasteiger partial charge in [0.05, 0.1) is 23.4 Å². The third-order valence-electron chi connectivity index (χ3n) is 5.47. The molecule has 1 N–H and O–H groups in total. The molecule has 0 fully saturated rings. The number of fused-ring (bicyclic) bond motifs is 2. The molecule has 0 bridgehead atoms. The number of halogens is 2. The van der Waals surface area contributed by atoms with Gasteiger partial charge in [-0.3, -0.25) is 9.10 Å². The number of thiophene rings is 1. The molecule has 2 aromatic heterocycles. The second-order valence-electron chi connectivity index (χ2n) is 9.13. The normalized spacial score (nSPS) is 14.7. The van der Waals surface area contributed by atoms with Crippen LogP contribution in [-0.4, -0.2) is 37.7 Å². The summed E-state index contributed by atoms with van der Waals surface area (Å²) in [5.41, 5.74) is 0.149. The van der Waals surface area contributed by atoms with Crippen LogP contribution in [0.4, 0.5) is 11.4 Å². The highest BCUT2D eigenvalue weighted by Gasteiger charge is 2.36. The van der Waals surface area contributed by atoms with Crippen molar-refractivity contribution in [3.63, 3.8) is 0 Å². The van der Waals surface area contributed by atoms with E-state index in [2.05, 4.69) is 10.3 Å². The van der Waals surface area contributed by atoms with Gasteiger partial charge in [-0.05, 0) is 61.7 Å². The van der Waals surface area contributed by atoms with Crippen LogP contribution in [0.15, 0.2) is 54.6 Å². The summed E-state index contributed by atoms with van der Waals surface area (Å²) in [5, 5.41) is 4.26. The third kappa shape index (κ3) is 5.62. The number of rotatable bonds is 5. The van der Waals surface area contributed by atoms with Gasteiger partial charge in [-0.2, -0.15) is 0 Å². The average Bonchev–Trinajstić information content (AvgIpc) is 3.20. The van der Waals surface area contributed by atoms with Crippen LogP contribution in [0.3, 0.4) is 0 Å².